The van der Waals surface area contributed by atoms with E-state index >= 15 is 0 Å². The lowest BCUT2D eigenvalue weighted by atomic mass is 9.88. The van der Waals surface area contributed by atoms with Crippen LogP contribution in [0.5, 0.6) is 5.75 Å². The summed E-state index contributed by atoms with van der Waals surface area (Å²) in [5, 5.41) is 0. The number of alkyl halides is 3. The van der Waals surface area contributed by atoms with Gasteiger partial charge in [0.15, 0.2) is 0 Å². The van der Waals surface area contributed by atoms with Crippen LogP contribution in [0, 0.1) is 0 Å². The van der Waals surface area contributed by atoms with Crippen LogP contribution in [-0.4, -0.2) is 60.4 Å². The van der Waals surface area contributed by atoms with Crippen LogP contribution in [0.4, 0.5) is 18.0 Å². The van der Waals surface area contributed by atoms with Crippen LogP contribution in [0.2, 0.25) is 0 Å². The Labute approximate surface area is 172 Å². The number of fused-ring (bicyclic) bond motifs is 2. The number of hydrogen-bond donors (Lipinski definition) is 0. The highest BCUT2D eigenvalue weighted by atomic mass is 19.4. The van der Waals surface area contributed by atoms with Gasteiger partial charge < -0.3 is 19.3 Å². The summed E-state index contributed by atoms with van der Waals surface area (Å²) in [6.45, 7) is 1.44. The second kappa shape index (κ2) is 7.85. The molecule has 0 aromatic heterocycles. The first-order chi connectivity index (χ1) is 14.3. The maximum Gasteiger partial charge on any atom is 0.573 e. The summed E-state index contributed by atoms with van der Waals surface area (Å²) >= 11 is 0. The fourth-order valence-corrected chi connectivity index (χ4v) is 4.77. The van der Waals surface area contributed by atoms with E-state index in [0.29, 0.717) is 24.0 Å². The van der Waals surface area contributed by atoms with Gasteiger partial charge in [-0.3, -0.25) is 0 Å². The van der Waals surface area contributed by atoms with Crippen LogP contribution < -0.4 is 4.74 Å². The van der Waals surface area contributed by atoms with E-state index in [4.69, 9.17) is 4.74 Å². The molecule has 2 fully saturated rings. The van der Waals surface area contributed by atoms with Crippen molar-refractivity contribution in [3.63, 3.8) is 0 Å². The smallest absolute Gasteiger partial charge is 0.466 e. The van der Waals surface area contributed by atoms with Gasteiger partial charge in [0.25, 0.3) is 0 Å². The molecule has 0 saturated carbocycles. The predicted octanol–water partition coefficient (Wildman–Crippen LogP) is 3.96. The number of hydrogen-bond acceptors (Lipinski definition) is 4. The van der Waals surface area contributed by atoms with E-state index in [1.807, 2.05) is 9.80 Å². The fraction of sp³-hybridized carbons (Fsp3) is 0.524. The number of likely N-dealkylation sites (tertiary alicyclic amines) is 1. The zero-order valence-corrected chi connectivity index (χ0v) is 16.6. The van der Waals surface area contributed by atoms with Crippen LogP contribution in [0.15, 0.2) is 29.8 Å². The van der Waals surface area contributed by atoms with Gasteiger partial charge in [0, 0.05) is 19.1 Å². The molecule has 3 heterocycles. The third kappa shape index (κ3) is 3.85. The summed E-state index contributed by atoms with van der Waals surface area (Å²) in [6.07, 6.45) is -0.923. The Morgan fingerprint density at radius 3 is 2.33 bits per heavy atom. The number of rotatable bonds is 3. The molecule has 3 aliphatic heterocycles. The third-order valence-electron chi connectivity index (χ3n) is 6.04. The summed E-state index contributed by atoms with van der Waals surface area (Å²) in [5.74, 6) is -0.832. The zero-order chi connectivity index (χ0) is 21.5. The number of halogens is 3. The topological polar surface area (TPSA) is 59.1 Å². The quantitative estimate of drug-likeness (QED) is 0.690. The van der Waals surface area contributed by atoms with Crippen molar-refractivity contribution in [3.05, 3.63) is 35.4 Å². The molecular formula is C21H23F3N2O4. The largest absolute Gasteiger partial charge is 0.573 e. The SMILES string of the molecule is COC(=O)C1=C(c2ccc(OC(F)(F)F)cc2)C[C@@H]2CC[C@H]1N2C(=O)N1CCCC1. The summed E-state index contributed by atoms with van der Waals surface area (Å²) < 4.78 is 46.2. The molecule has 4 rings (SSSR count). The molecule has 1 aromatic carbocycles. The molecule has 0 N–H and O–H groups in total. The van der Waals surface area contributed by atoms with E-state index in [1.165, 1.54) is 31.4 Å². The van der Waals surface area contributed by atoms with Crippen molar-refractivity contribution in [1.82, 2.24) is 9.80 Å². The average molecular weight is 424 g/mol. The molecule has 30 heavy (non-hydrogen) atoms. The van der Waals surface area contributed by atoms with Gasteiger partial charge in [0.05, 0.1) is 18.7 Å². The molecule has 2 bridgehead atoms. The highest BCUT2D eigenvalue weighted by Crippen LogP contribution is 2.44. The number of methoxy groups -OCH3 is 1. The molecule has 162 valence electrons. The van der Waals surface area contributed by atoms with E-state index < -0.39 is 12.3 Å². The lowest BCUT2D eigenvalue weighted by Crippen LogP contribution is -2.51. The lowest BCUT2D eigenvalue weighted by Gasteiger charge is -2.39. The Hall–Kier alpha value is -2.71. The van der Waals surface area contributed by atoms with Crippen molar-refractivity contribution in [2.45, 2.75) is 50.6 Å². The Balaban J connectivity index is 1.67. The predicted molar refractivity (Wildman–Crippen MR) is 102 cm³/mol. The maximum atomic E-state index is 13.1. The van der Waals surface area contributed by atoms with Gasteiger partial charge in [-0.1, -0.05) is 12.1 Å². The van der Waals surface area contributed by atoms with E-state index in [1.54, 1.807) is 0 Å². The van der Waals surface area contributed by atoms with Gasteiger partial charge in [-0.05, 0) is 55.4 Å². The summed E-state index contributed by atoms with van der Waals surface area (Å²) in [6, 6.07) is 5.01. The lowest BCUT2D eigenvalue weighted by molar-refractivity contribution is -0.274. The minimum atomic E-state index is -4.77. The third-order valence-corrected chi connectivity index (χ3v) is 6.04. The van der Waals surface area contributed by atoms with Gasteiger partial charge in [-0.25, -0.2) is 9.59 Å². The molecule has 3 aliphatic rings. The minimum absolute atomic E-state index is 0.0439. The number of urea groups is 1. The van der Waals surface area contributed by atoms with Crippen LogP contribution >= 0.6 is 0 Å². The number of amides is 2. The molecule has 0 aliphatic carbocycles. The Bertz CT molecular complexity index is 860. The van der Waals surface area contributed by atoms with Crippen LogP contribution in [0.3, 0.4) is 0 Å². The highest BCUT2D eigenvalue weighted by molar-refractivity contribution is 6.01. The van der Waals surface area contributed by atoms with Gasteiger partial charge in [-0.15, -0.1) is 13.2 Å². The van der Waals surface area contributed by atoms with Crippen molar-refractivity contribution in [3.8, 4) is 5.75 Å². The minimum Gasteiger partial charge on any atom is -0.466 e. The fourth-order valence-electron chi connectivity index (χ4n) is 4.77. The van der Waals surface area contributed by atoms with E-state index in [-0.39, 0.29) is 23.9 Å². The van der Waals surface area contributed by atoms with Crippen molar-refractivity contribution in [2.24, 2.45) is 0 Å². The molecule has 2 atom stereocenters. The molecule has 2 amide bonds. The first-order valence-electron chi connectivity index (χ1n) is 10.0. The Morgan fingerprint density at radius 1 is 1.07 bits per heavy atom. The van der Waals surface area contributed by atoms with Crippen molar-refractivity contribution >= 4 is 17.6 Å². The van der Waals surface area contributed by atoms with E-state index in [2.05, 4.69) is 4.74 Å². The first-order valence-corrected chi connectivity index (χ1v) is 10.0. The summed E-state index contributed by atoms with van der Waals surface area (Å²) in [5.41, 5.74) is 1.77. The van der Waals surface area contributed by atoms with Crippen LogP contribution in [-0.2, 0) is 9.53 Å². The number of carbonyl (C=O) groups excluding carboxylic acids is 2. The second-order valence-electron chi connectivity index (χ2n) is 7.79. The molecule has 1 aromatic rings. The standard InChI is InChI=1S/C21H23F3N2O4/c1-29-19(27)18-16(13-4-7-15(8-5-13)30-21(22,23)24)12-14-6-9-17(18)26(14)20(28)25-10-2-3-11-25/h4-5,7-8,14,17H,2-3,6,9-12H2,1H3/t14-,17+/m0/s1. The Morgan fingerprint density at radius 2 is 1.73 bits per heavy atom. The van der Waals surface area contributed by atoms with E-state index in [9.17, 15) is 22.8 Å². The molecular weight excluding hydrogens is 401 g/mol. The summed E-state index contributed by atoms with van der Waals surface area (Å²) in [7, 11) is 1.29. The summed E-state index contributed by atoms with van der Waals surface area (Å²) in [4.78, 5) is 29.4. The van der Waals surface area contributed by atoms with Gasteiger partial charge in [0.1, 0.15) is 5.75 Å². The van der Waals surface area contributed by atoms with Gasteiger partial charge in [-0.2, -0.15) is 0 Å². The normalized spacial score (nSPS) is 23.7. The van der Waals surface area contributed by atoms with Crippen molar-refractivity contribution in [1.29, 1.82) is 0 Å². The van der Waals surface area contributed by atoms with E-state index in [0.717, 1.165) is 37.9 Å². The van der Waals surface area contributed by atoms with Crippen LogP contribution in [0.25, 0.3) is 5.57 Å². The Kier molecular flexibility index (Phi) is 5.38. The molecule has 0 spiro atoms. The average Bonchev–Trinajstić information content (AvgIpc) is 3.34. The number of ether oxygens (including phenoxy) is 2. The molecule has 9 heteroatoms. The van der Waals surface area contributed by atoms with Crippen molar-refractivity contribution in [2.75, 3.05) is 20.2 Å². The van der Waals surface area contributed by atoms with Gasteiger partial charge in [0.2, 0.25) is 0 Å². The highest BCUT2D eigenvalue weighted by Gasteiger charge is 2.47. The first kappa shape index (κ1) is 20.6. The molecule has 0 radical (unpaired) electrons. The molecule has 2 saturated heterocycles. The number of carbonyl (C=O) groups is 2. The number of benzene rings is 1. The molecule has 6 nitrogen and oxygen atoms in total. The molecule has 0 unspecified atom stereocenters. The second-order valence-corrected chi connectivity index (χ2v) is 7.79. The maximum absolute atomic E-state index is 13.1. The monoisotopic (exact) mass is 424 g/mol. The van der Waals surface area contributed by atoms with Gasteiger partial charge >= 0.3 is 18.4 Å². The number of esters is 1. The van der Waals surface area contributed by atoms with Crippen molar-refractivity contribution < 1.29 is 32.2 Å². The van der Waals surface area contributed by atoms with Crippen LogP contribution in [0.1, 0.15) is 37.7 Å². The zero-order valence-electron chi connectivity index (χ0n) is 16.6. The number of nitrogens with zero attached hydrogens (tertiary/aromatic N) is 2.